The number of rotatable bonds is 6. The first kappa shape index (κ1) is 13.6. The van der Waals surface area contributed by atoms with Crippen molar-refractivity contribution < 1.29 is 8.42 Å². The second kappa shape index (κ2) is 5.77. The second-order valence-electron chi connectivity index (χ2n) is 3.98. The molecule has 1 aromatic heterocycles. The van der Waals surface area contributed by atoms with Gasteiger partial charge in [0.2, 0.25) is 0 Å². The number of nitrogens with two attached hydrogens (primary N) is 1. The Balaban J connectivity index is 2.93. The minimum Gasteiger partial charge on any atom is -0.329 e. The van der Waals surface area contributed by atoms with Crippen molar-refractivity contribution in [1.29, 1.82) is 0 Å². The summed E-state index contributed by atoms with van der Waals surface area (Å²) in [6.07, 6.45) is 0. The molecule has 0 aliphatic heterocycles. The Morgan fingerprint density at radius 3 is 2.62 bits per heavy atom. The van der Waals surface area contributed by atoms with Crippen molar-refractivity contribution in [3.05, 3.63) is 17.5 Å². The van der Waals surface area contributed by atoms with Crippen LogP contribution in [0.15, 0.2) is 21.7 Å². The number of hydrogen-bond donors (Lipinski definition) is 1. The van der Waals surface area contributed by atoms with Crippen LogP contribution in [0.3, 0.4) is 0 Å². The zero-order valence-electron chi connectivity index (χ0n) is 9.59. The number of thiophene rings is 1. The molecule has 0 saturated carbocycles. The number of nitrogens with zero attached hydrogens (tertiary/aromatic N) is 1. The Morgan fingerprint density at radius 1 is 1.50 bits per heavy atom. The molecule has 1 rings (SSSR count). The van der Waals surface area contributed by atoms with E-state index in [-0.39, 0.29) is 0 Å². The Bertz CT molecular complexity index is 398. The van der Waals surface area contributed by atoms with E-state index in [2.05, 4.69) is 0 Å². The minimum absolute atomic E-state index is 0.293. The van der Waals surface area contributed by atoms with E-state index in [0.717, 1.165) is 0 Å². The van der Waals surface area contributed by atoms with Crippen LogP contribution >= 0.6 is 11.3 Å². The lowest BCUT2D eigenvalue weighted by Gasteiger charge is -2.22. The Labute approximate surface area is 101 Å². The van der Waals surface area contributed by atoms with Gasteiger partial charge in [0.05, 0.1) is 0 Å². The highest BCUT2D eigenvalue weighted by atomic mass is 32.2. The molecule has 0 fully saturated rings. The van der Waals surface area contributed by atoms with Crippen molar-refractivity contribution in [2.75, 3.05) is 19.6 Å². The van der Waals surface area contributed by atoms with Crippen LogP contribution in [-0.2, 0) is 10.0 Å². The van der Waals surface area contributed by atoms with Gasteiger partial charge in [0.15, 0.2) is 0 Å². The summed E-state index contributed by atoms with van der Waals surface area (Å²) in [5, 5.41) is 1.77. The van der Waals surface area contributed by atoms with Gasteiger partial charge in [-0.1, -0.05) is 19.9 Å². The highest BCUT2D eigenvalue weighted by molar-refractivity contribution is 7.91. The predicted octanol–water partition coefficient (Wildman–Crippen LogP) is 1.35. The van der Waals surface area contributed by atoms with Gasteiger partial charge in [0.1, 0.15) is 4.21 Å². The first-order valence-electron chi connectivity index (χ1n) is 5.22. The van der Waals surface area contributed by atoms with Crippen LogP contribution < -0.4 is 5.73 Å². The molecule has 2 N–H and O–H groups in total. The third-order valence-corrected chi connectivity index (χ3v) is 5.27. The molecule has 92 valence electrons. The van der Waals surface area contributed by atoms with Crippen molar-refractivity contribution in [2.24, 2.45) is 11.7 Å². The van der Waals surface area contributed by atoms with Gasteiger partial charge in [0, 0.05) is 19.6 Å². The van der Waals surface area contributed by atoms with Crippen LogP contribution in [0, 0.1) is 5.92 Å². The highest BCUT2D eigenvalue weighted by Gasteiger charge is 2.25. The van der Waals surface area contributed by atoms with Crippen molar-refractivity contribution >= 4 is 21.4 Å². The normalized spacial score (nSPS) is 12.6. The van der Waals surface area contributed by atoms with E-state index >= 15 is 0 Å². The van der Waals surface area contributed by atoms with Crippen LogP contribution in [-0.4, -0.2) is 32.4 Å². The molecule has 0 aromatic carbocycles. The molecule has 0 aliphatic rings. The fourth-order valence-corrected chi connectivity index (χ4v) is 4.16. The summed E-state index contributed by atoms with van der Waals surface area (Å²) in [4.78, 5) is 0. The van der Waals surface area contributed by atoms with Gasteiger partial charge in [-0.15, -0.1) is 11.3 Å². The van der Waals surface area contributed by atoms with Gasteiger partial charge in [-0.2, -0.15) is 4.31 Å². The van der Waals surface area contributed by atoms with Crippen LogP contribution in [0.5, 0.6) is 0 Å². The lowest BCUT2D eigenvalue weighted by atomic mass is 10.2. The molecular weight excluding hydrogens is 244 g/mol. The summed E-state index contributed by atoms with van der Waals surface area (Å²) in [6, 6.07) is 3.37. The maximum absolute atomic E-state index is 12.2. The lowest BCUT2D eigenvalue weighted by molar-refractivity contribution is 0.374. The molecule has 0 atom stereocenters. The molecular formula is C10H18N2O2S2. The summed E-state index contributed by atoms with van der Waals surface area (Å²) < 4.78 is 26.3. The number of sulfonamides is 1. The lowest BCUT2D eigenvalue weighted by Crippen LogP contribution is -2.37. The molecule has 16 heavy (non-hydrogen) atoms. The second-order valence-corrected chi connectivity index (χ2v) is 7.09. The Morgan fingerprint density at radius 2 is 2.19 bits per heavy atom. The van der Waals surface area contributed by atoms with Crippen LogP contribution in [0.2, 0.25) is 0 Å². The monoisotopic (exact) mass is 262 g/mol. The molecule has 0 saturated heterocycles. The predicted molar refractivity (Wildman–Crippen MR) is 67.0 cm³/mol. The molecule has 0 radical (unpaired) electrons. The van der Waals surface area contributed by atoms with Crippen molar-refractivity contribution in [3.8, 4) is 0 Å². The quantitative estimate of drug-likeness (QED) is 0.842. The van der Waals surface area contributed by atoms with E-state index in [0.29, 0.717) is 29.8 Å². The minimum atomic E-state index is -3.34. The molecule has 0 spiro atoms. The third kappa shape index (κ3) is 3.28. The largest absolute Gasteiger partial charge is 0.329 e. The molecule has 0 bridgehead atoms. The van der Waals surface area contributed by atoms with Crippen LogP contribution in [0.25, 0.3) is 0 Å². The molecule has 1 aromatic rings. The van der Waals surface area contributed by atoms with Crippen molar-refractivity contribution in [3.63, 3.8) is 0 Å². The van der Waals surface area contributed by atoms with Gasteiger partial charge in [-0.05, 0) is 17.4 Å². The van der Waals surface area contributed by atoms with E-state index in [1.165, 1.54) is 15.6 Å². The molecule has 0 amide bonds. The molecule has 0 unspecified atom stereocenters. The van der Waals surface area contributed by atoms with Gasteiger partial charge in [-0.3, -0.25) is 0 Å². The van der Waals surface area contributed by atoms with Gasteiger partial charge in [-0.25, -0.2) is 8.42 Å². The van der Waals surface area contributed by atoms with E-state index in [9.17, 15) is 8.42 Å². The summed E-state index contributed by atoms with van der Waals surface area (Å²) in [7, 11) is -3.34. The van der Waals surface area contributed by atoms with Gasteiger partial charge in [0.25, 0.3) is 10.0 Å². The van der Waals surface area contributed by atoms with E-state index in [4.69, 9.17) is 5.73 Å². The SMILES string of the molecule is CC(C)CN(CCN)S(=O)(=O)c1cccs1. The average Bonchev–Trinajstić information content (AvgIpc) is 2.69. The molecule has 1 heterocycles. The van der Waals surface area contributed by atoms with E-state index in [1.807, 2.05) is 13.8 Å². The van der Waals surface area contributed by atoms with Gasteiger partial charge < -0.3 is 5.73 Å². The first-order valence-corrected chi connectivity index (χ1v) is 7.54. The Hall–Kier alpha value is -0.430. The molecule has 0 aliphatic carbocycles. The summed E-state index contributed by atoms with van der Waals surface area (Å²) in [6.45, 7) is 5.22. The molecule has 4 nitrogen and oxygen atoms in total. The summed E-state index contributed by atoms with van der Waals surface area (Å²) in [5.41, 5.74) is 5.45. The first-order chi connectivity index (χ1) is 7.48. The standard InChI is InChI=1S/C10H18N2O2S2/c1-9(2)8-12(6-5-11)16(13,14)10-4-3-7-15-10/h3-4,7,9H,5-6,8,11H2,1-2H3. The maximum Gasteiger partial charge on any atom is 0.252 e. The van der Waals surface area contributed by atoms with Crippen molar-refractivity contribution in [2.45, 2.75) is 18.1 Å². The zero-order chi connectivity index (χ0) is 12.2. The molecule has 6 heteroatoms. The average molecular weight is 262 g/mol. The van der Waals surface area contributed by atoms with Gasteiger partial charge >= 0.3 is 0 Å². The number of hydrogen-bond acceptors (Lipinski definition) is 4. The van der Waals surface area contributed by atoms with E-state index in [1.54, 1.807) is 17.5 Å². The highest BCUT2D eigenvalue weighted by Crippen LogP contribution is 2.21. The topological polar surface area (TPSA) is 63.4 Å². The Kier molecular flexibility index (Phi) is 4.91. The van der Waals surface area contributed by atoms with E-state index < -0.39 is 10.0 Å². The summed E-state index contributed by atoms with van der Waals surface area (Å²) >= 11 is 1.24. The van der Waals surface area contributed by atoms with Crippen LogP contribution in [0.1, 0.15) is 13.8 Å². The summed E-state index contributed by atoms with van der Waals surface area (Å²) in [5.74, 6) is 0.293. The smallest absolute Gasteiger partial charge is 0.252 e. The fourth-order valence-electron chi connectivity index (χ4n) is 1.40. The fraction of sp³-hybridized carbons (Fsp3) is 0.600. The van der Waals surface area contributed by atoms with Crippen LogP contribution in [0.4, 0.5) is 0 Å². The van der Waals surface area contributed by atoms with Crippen molar-refractivity contribution in [1.82, 2.24) is 4.31 Å². The zero-order valence-corrected chi connectivity index (χ0v) is 11.2. The third-order valence-electron chi connectivity index (χ3n) is 2.04. The maximum atomic E-state index is 12.2.